The summed E-state index contributed by atoms with van der Waals surface area (Å²) < 4.78 is 2.64. The molecule has 1 nitrogen and oxygen atoms in total. The number of nitrogens with zero attached hydrogens (tertiary/aromatic N) is 1. The molecule has 0 amide bonds. The van der Waals surface area contributed by atoms with E-state index in [1.165, 1.54) is 98.1 Å². The van der Waals surface area contributed by atoms with Crippen LogP contribution in [0.15, 0.2) is 273 Å². The first-order valence-electron chi connectivity index (χ1n) is 24.2. The second kappa shape index (κ2) is 16.0. The monoisotopic (exact) mass is 907 g/mol. The molecular weight excluding hydrogens is 863 g/mol. The van der Waals surface area contributed by atoms with Gasteiger partial charge in [0.05, 0.1) is 10.8 Å². The van der Waals surface area contributed by atoms with E-state index in [-0.39, 0.29) is 0 Å². The van der Waals surface area contributed by atoms with Gasteiger partial charge in [0.25, 0.3) is 0 Å². The predicted molar refractivity (Wildman–Crippen MR) is 294 cm³/mol. The molecule has 2 aliphatic rings. The Labute approximate surface area is 412 Å². The van der Waals surface area contributed by atoms with Crippen molar-refractivity contribution in [1.82, 2.24) is 0 Å². The first kappa shape index (κ1) is 40.5. The summed E-state index contributed by atoms with van der Waals surface area (Å²) in [5.41, 5.74) is 20.0. The minimum Gasteiger partial charge on any atom is -0.310 e. The van der Waals surface area contributed by atoms with Crippen molar-refractivity contribution in [2.75, 3.05) is 4.90 Å². The van der Waals surface area contributed by atoms with E-state index in [1.54, 1.807) is 0 Å². The zero-order valence-electron chi connectivity index (χ0n) is 38.3. The second-order valence-corrected chi connectivity index (χ2v) is 19.7. The molecule has 2 aliphatic carbocycles. The molecule has 1 aromatic heterocycles. The Bertz CT molecular complexity index is 3850. The molecule has 0 N–H and O–H groups in total. The molecule has 0 atom stereocenters. The largest absolute Gasteiger partial charge is 0.310 e. The summed E-state index contributed by atoms with van der Waals surface area (Å²) in [5.74, 6) is 0. The zero-order valence-corrected chi connectivity index (χ0v) is 39.2. The molecule has 11 aromatic carbocycles. The van der Waals surface area contributed by atoms with Crippen molar-refractivity contribution in [3.8, 4) is 33.4 Å². The first-order valence-corrected chi connectivity index (χ1v) is 25.1. The normalized spacial score (nSPS) is 13.7. The average Bonchev–Trinajstić information content (AvgIpc) is 4.07. The van der Waals surface area contributed by atoms with Crippen molar-refractivity contribution in [3.63, 3.8) is 0 Å². The molecule has 0 fully saturated rings. The second-order valence-electron chi connectivity index (χ2n) is 18.7. The fourth-order valence-electron chi connectivity index (χ4n) is 12.4. The van der Waals surface area contributed by atoms with Gasteiger partial charge in [-0.25, -0.2) is 0 Å². The van der Waals surface area contributed by atoms with Gasteiger partial charge in [-0.1, -0.05) is 231 Å². The van der Waals surface area contributed by atoms with E-state index < -0.39 is 10.8 Å². The molecule has 0 saturated heterocycles. The number of anilines is 3. The van der Waals surface area contributed by atoms with Crippen LogP contribution in [0, 0.1) is 0 Å². The number of benzene rings is 11. The Kier molecular flexibility index (Phi) is 9.27. The maximum absolute atomic E-state index is 2.49. The lowest BCUT2D eigenvalue weighted by Crippen LogP contribution is -2.28. The van der Waals surface area contributed by atoms with Gasteiger partial charge in [0.1, 0.15) is 0 Å². The maximum Gasteiger partial charge on any atom is 0.0714 e. The van der Waals surface area contributed by atoms with Gasteiger partial charge in [0.2, 0.25) is 0 Å². The highest BCUT2D eigenvalue weighted by Crippen LogP contribution is 2.59. The van der Waals surface area contributed by atoms with Gasteiger partial charge in [-0.2, -0.15) is 0 Å². The quantitative estimate of drug-likeness (QED) is 0.147. The van der Waals surface area contributed by atoms with Crippen LogP contribution in [0.25, 0.3) is 53.6 Å². The van der Waals surface area contributed by atoms with Crippen molar-refractivity contribution in [1.29, 1.82) is 0 Å². The van der Waals surface area contributed by atoms with E-state index >= 15 is 0 Å². The smallest absolute Gasteiger partial charge is 0.0714 e. The van der Waals surface area contributed by atoms with Crippen LogP contribution in [0.5, 0.6) is 0 Å². The van der Waals surface area contributed by atoms with Crippen LogP contribution in [-0.4, -0.2) is 0 Å². The summed E-state index contributed by atoms with van der Waals surface area (Å²) in [6.07, 6.45) is 0. The van der Waals surface area contributed by atoms with Crippen molar-refractivity contribution in [2.24, 2.45) is 0 Å². The summed E-state index contributed by atoms with van der Waals surface area (Å²) in [7, 11) is 0. The van der Waals surface area contributed by atoms with Crippen LogP contribution in [0.4, 0.5) is 17.1 Å². The Morgan fingerprint density at radius 1 is 0.271 bits per heavy atom. The maximum atomic E-state index is 2.49. The predicted octanol–water partition coefficient (Wildman–Crippen LogP) is 17.9. The van der Waals surface area contributed by atoms with Crippen LogP contribution < -0.4 is 4.90 Å². The summed E-state index contributed by atoms with van der Waals surface area (Å²) in [5, 5.41) is 2.62. The number of rotatable bonds is 8. The molecule has 14 rings (SSSR count). The van der Waals surface area contributed by atoms with Crippen molar-refractivity contribution < 1.29 is 0 Å². The highest BCUT2D eigenvalue weighted by atomic mass is 32.1. The molecular formula is C68H45NS. The fraction of sp³-hybridized carbons (Fsp3) is 0.0294. The topological polar surface area (TPSA) is 3.24 Å². The summed E-state index contributed by atoms with van der Waals surface area (Å²) in [6, 6.07) is 102. The van der Waals surface area contributed by atoms with E-state index in [1.807, 2.05) is 11.3 Å². The standard InChI is InChI=1S/C68H45NS/c1-5-20-47(21-6-1)67(48-22-7-2-8-23-48)62-34-17-14-29-56(62)60-44-52(41-43-63(60)67)69(51-38-36-46(37-39-51)54-31-19-32-59-58-30-15-18-35-65(58)70-66(54)59)53-40-42-57-55-28-13-16-33-61(55)68(64(57)45-53,49-24-9-3-10-25-49)50-26-11-4-12-27-50/h1-45H. The lowest BCUT2D eigenvalue weighted by molar-refractivity contribution is 0.768. The molecule has 12 aromatic rings. The van der Waals surface area contributed by atoms with Crippen LogP contribution in [0.1, 0.15) is 44.5 Å². The van der Waals surface area contributed by atoms with Gasteiger partial charge in [-0.05, 0) is 120 Å². The first-order chi connectivity index (χ1) is 34.7. The van der Waals surface area contributed by atoms with E-state index in [9.17, 15) is 0 Å². The minimum atomic E-state index is -0.537. The highest BCUT2D eigenvalue weighted by molar-refractivity contribution is 7.26. The summed E-state index contributed by atoms with van der Waals surface area (Å²) in [6.45, 7) is 0. The summed E-state index contributed by atoms with van der Waals surface area (Å²) >= 11 is 1.88. The lowest BCUT2D eigenvalue weighted by Gasteiger charge is -2.35. The summed E-state index contributed by atoms with van der Waals surface area (Å²) in [4.78, 5) is 2.49. The van der Waals surface area contributed by atoms with E-state index in [0.29, 0.717) is 0 Å². The fourth-order valence-corrected chi connectivity index (χ4v) is 13.6. The van der Waals surface area contributed by atoms with Crippen LogP contribution in [0.2, 0.25) is 0 Å². The number of fused-ring (bicyclic) bond motifs is 9. The molecule has 0 bridgehead atoms. The SMILES string of the molecule is c1ccc(C2(c3ccccc3)c3ccccc3-c3cc(N(c4ccc(-c5cccc6c5sc5ccccc56)cc4)c4ccc5c(c4)C(c4ccccc4)(c4ccccc4)c4ccccc4-5)ccc32)cc1. The van der Waals surface area contributed by atoms with Crippen LogP contribution in [0.3, 0.4) is 0 Å². The van der Waals surface area contributed by atoms with Gasteiger partial charge in [-0.3, -0.25) is 0 Å². The molecule has 2 heteroatoms. The zero-order chi connectivity index (χ0) is 46.2. The van der Waals surface area contributed by atoms with Crippen LogP contribution in [-0.2, 0) is 10.8 Å². The third-order valence-electron chi connectivity index (χ3n) is 15.2. The van der Waals surface area contributed by atoms with Crippen LogP contribution >= 0.6 is 11.3 Å². The number of hydrogen-bond donors (Lipinski definition) is 0. The van der Waals surface area contributed by atoms with E-state index in [0.717, 1.165) is 17.1 Å². The van der Waals surface area contributed by atoms with Gasteiger partial charge in [-0.15, -0.1) is 11.3 Å². The van der Waals surface area contributed by atoms with Gasteiger partial charge in [0.15, 0.2) is 0 Å². The average molecular weight is 908 g/mol. The Hall–Kier alpha value is -8.56. The van der Waals surface area contributed by atoms with Gasteiger partial charge >= 0.3 is 0 Å². The molecule has 0 unspecified atom stereocenters. The van der Waals surface area contributed by atoms with Gasteiger partial charge in [0, 0.05) is 37.2 Å². The van der Waals surface area contributed by atoms with Crippen molar-refractivity contribution in [3.05, 3.63) is 317 Å². The number of hydrogen-bond acceptors (Lipinski definition) is 2. The molecule has 0 saturated carbocycles. The van der Waals surface area contributed by atoms with Gasteiger partial charge < -0.3 is 4.90 Å². The molecule has 0 radical (unpaired) electrons. The lowest BCUT2D eigenvalue weighted by atomic mass is 9.67. The molecule has 70 heavy (non-hydrogen) atoms. The third kappa shape index (κ3) is 5.84. The van der Waals surface area contributed by atoms with Crippen molar-refractivity contribution in [2.45, 2.75) is 10.8 Å². The molecule has 0 spiro atoms. The minimum absolute atomic E-state index is 0.489. The Morgan fingerprint density at radius 3 is 1.31 bits per heavy atom. The molecule has 1 heterocycles. The molecule has 328 valence electrons. The third-order valence-corrected chi connectivity index (χ3v) is 16.5. The number of thiophene rings is 1. The Balaban J connectivity index is 1.01. The molecule has 0 aliphatic heterocycles. The van der Waals surface area contributed by atoms with E-state index in [4.69, 9.17) is 0 Å². The van der Waals surface area contributed by atoms with E-state index in [2.05, 4.69) is 278 Å². The van der Waals surface area contributed by atoms with Crippen molar-refractivity contribution >= 4 is 48.6 Å². The highest BCUT2D eigenvalue weighted by Gasteiger charge is 2.48. The Morgan fingerprint density at radius 2 is 0.700 bits per heavy atom.